The molecule has 1 amide bonds. The average Bonchev–Trinajstić information content (AvgIpc) is 3.01. The average molecular weight is 342 g/mol. The zero-order valence-electron chi connectivity index (χ0n) is 12.4. The molecule has 5 nitrogen and oxygen atoms in total. The molecule has 3 aromatic rings. The molecular weight excluding hydrogens is 328 g/mol. The van der Waals surface area contributed by atoms with Crippen LogP contribution in [0.5, 0.6) is 0 Å². The van der Waals surface area contributed by atoms with Crippen molar-refractivity contribution >= 4 is 44.9 Å². The van der Waals surface area contributed by atoms with Crippen LogP contribution in [0.4, 0.5) is 0 Å². The third-order valence-corrected chi connectivity index (χ3v) is 5.23. The van der Waals surface area contributed by atoms with Gasteiger partial charge in [0.15, 0.2) is 4.34 Å². The summed E-state index contributed by atoms with van der Waals surface area (Å²) in [5.41, 5.74) is 5.21. The second kappa shape index (κ2) is 7.34. The lowest BCUT2D eigenvalue weighted by atomic mass is 10.2. The number of carbonyl (C=O) groups is 1. The van der Waals surface area contributed by atoms with Crippen molar-refractivity contribution in [1.29, 1.82) is 0 Å². The first-order valence-corrected chi connectivity index (χ1v) is 8.74. The maximum Gasteiger partial charge on any atom is 0.250 e. The van der Waals surface area contributed by atoms with Gasteiger partial charge in [0.05, 0.1) is 21.7 Å². The third kappa shape index (κ3) is 4.14. The largest absolute Gasteiger partial charge is 0.272 e. The van der Waals surface area contributed by atoms with E-state index in [1.165, 1.54) is 11.8 Å². The number of carbonyl (C=O) groups excluding carboxylic acids is 1. The van der Waals surface area contributed by atoms with Gasteiger partial charge in [0.2, 0.25) is 0 Å². The van der Waals surface area contributed by atoms with Crippen molar-refractivity contribution in [1.82, 2.24) is 15.4 Å². The number of hydrogen-bond donors (Lipinski definition) is 1. The van der Waals surface area contributed by atoms with Gasteiger partial charge in [0, 0.05) is 18.0 Å². The Bertz CT molecular complexity index is 812. The van der Waals surface area contributed by atoms with Crippen molar-refractivity contribution in [3.8, 4) is 0 Å². The number of para-hydroxylation sites is 1. The summed E-state index contributed by atoms with van der Waals surface area (Å²) in [5.74, 6) is 0.134. The molecule has 7 heteroatoms. The third-order valence-electron chi connectivity index (χ3n) is 3.05. The van der Waals surface area contributed by atoms with Crippen LogP contribution in [0.2, 0.25) is 0 Å². The number of nitrogens with zero attached hydrogens (tertiary/aromatic N) is 3. The second-order valence-corrected chi connectivity index (χ2v) is 6.96. The number of fused-ring (bicyclic) bond motifs is 1. The van der Waals surface area contributed by atoms with Gasteiger partial charge >= 0.3 is 0 Å². The van der Waals surface area contributed by atoms with Gasteiger partial charge in [0.25, 0.3) is 5.91 Å². The predicted molar refractivity (Wildman–Crippen MR) is 94.9 cm³/mol. The number of pyridine rings is 1. The minimum Gasteiger partial charge on any atom is -0.272 e. The number of benzene rings is 1. The number of thiazole rings is 1. The Balaban J connectivity index is 1.55. The Morgan fingerprint density at radius 3 is 2.83 bits per heavy atom. The van der Waals surface area contributed by atoms with Gasteiger partial charge in [-0.3, -0.25) is 9.78 Å². The molecule has 0 bridgehead atoms. The van der Waals surface area contributed by atoms with E-state index in [-0.39, 0.29) is 11.7 Å². The molecule has 116 valence electrons. The SMILES string of the molecule is C/C(=N\NC(=O)CSc1nc2ccccc2s1)c1ccncc1. The Morgan fingerprint density at radius 2 is 2.04 bits per heavy atom. The second-order valence-electron chi connectivity index (χ2n) is 4.70. The van der Waals surface area contributed by atoms with Gasteiger partial charge in [-0.15, -0.1) is 11.3 Å². The lowest BCUT2D eigenvalue weighted by Gasteiger charge is -2.01. The van der Waals surface area contributed by atoms with E-state index >= 15 is 0 Å². The first-order chi connectivity index (χ1) is 11.2. The fourth-order valence-electron chi connectivity index (χ4n) is 1.88. The fraction of sp³-hybridized carbons (Fsp3) is 0.125. The number of thioether (sulfide) groups is 1. The molecule has 3 rings (SSSR count). The van der Waals surface area contributed by atoms with Crippen molar-refractivity contribution in [2.75, 3.05) is 5.75 Å². The monoisotopic (exact) mass is 342 g/mol. The van der Waals surface area contributed by atoms with Crippen LogP contribution >= 0.6 is 23.1 Å². The molecule has 0 fully saturated rings. The quantitative estimate of drug-likeness (QED) is 0.439. The van der Waals surface area contributed by atoms with Gasteiger partial charge in [-0.05, 0) is 31.2 Å². The van der Waals surface area contributed by atoms with Crippen molar-refractivity contribution in [2.24, 2.45) is 5.10 Å². The molecule has 0 aliphatic heterocycles. The molecule has 0 aliphatic rings. The summed E-state index contributed by atoms with van der Waals surface area (Å²) < 4.78 is 2.01. The molecule has 0 spiro atoms. The van der Waals surface area contributed by atoms with E-state index in [2.05, 4.69) is 20.5 Å². The van der Waals surface area contributed by atoms with Crippen LogP contribution in [-0.2, 0) is 4.79 Å². The highest BCUT2D eigenvalue weighted by atomic mass is 32.2. The van der Waals surface area contributed by atoms with Crippen LogP contribution < -0.4 is 5.43 Å². The van der Waals surface area contributed by atoms with Crippen LogP contribution in [0.3, 0.4) is 0 Å². The maximum absolute atomic E-state index is 11.9. The number of amides is 1. The molecule has 0 aliphatic carbocycles. The summed E-state index contributed by atoms with van der Waals surface area (Å²) in [7, 11) is 0. The van der Waals surface area contributed by atoms with Crippen molar-refractivity contribution in [2.45, 2.75) is 11.3 Å². The highest BCUT2D eigenvalue weighted by molar-refractivity contribution is 8.01. The van der Waals surface area contributed by atoms with Crippen LogP contribution in [0, 0.1) is 0 Å². The van der Waals surface area contributed by atoms with Crippen LogP contribution in [0.25, 0.3) is 10.2 Å². The zero-order valence-corrected chi connectivity index (χ0v) is 14.0. The van der Waals surface area contributed by atoms with Gasteiger partial charge < -0.3 is 0 Å². The maximum atomic E-state index is 11.9. The number of hydrogen-bond acceptors (Lipinski definition) is 6. The topological polar surface area (TPSA) is 67.2 Å². The molecule has 2 heterocycles. The number of rotatable bonds is 5. The molecular formula is C16H14N4OS2. The molecule has 1 N–H and O–H groups in total. The smallest absolute Gasteiger partial charge is 0.250 e. The lowest BCUT2D eigenvalue weighted by molar-refractivity contribution is -0.118. The first kappa shape index (κ1) is 15.6. The highest BCUT2D eigenvalue weighted by Crippen LogP contribution is 2.28. The fourth-order valence-corrected chi connectivity index (χ4v) is 3.74. The molecule has 0 saturated carbocycles. The minimum absolute atomic E-state index is 0.150. The summed E-state index contributed by atoms with van der Waals surface area (Å²) in [6.07, 6.45) is 3.39. The summed E-state index contributed by atoms with van der Waals surface area (Å²) in [4.78, 5) is 20.3. The highest BCUT2D eigenvalue weighted by Gasteiger charge is 2.07. The van der Waals surface area contributed by atoms with Gasteiger partial charge in [-0.25, -0.2) is 10.4 Å². The van der Waals surface area contributed by atoms with Gasteiger partial charge in [0.1, 0.15) is 0 Å². The minimum atomic E-state index is -0.150. The summed E-state index contributed by atoms with van der Waals surface area (Å²) >= 11 is 3.01. The van der Waals surface area contributed by atoms with Crippen LogP contribution in [-0.4, -0.2) is 27.3 Å². The van der Waals surface area contributed by atoms with E-state index in [9.17, 15) is 4.79 Å². The van der Waals surface area contributed by atoms with E-state index < -0.39 is 0 Å². The Hall–Kier alpha value is -2.25. The molecule has 0 unspecified atom stereocenters. The van der Waals surface area contributed by atoms with E-state index in [0.29, 0.717) is 0 Å². The first-order valence-electron chi connectivity index (χ1n) is 6.94. The number of nitrogens with one attached hydrogen (secondary N) is 1. The van der Waals surface area contributed by atoms with E-state index in [1.807, 2.05) is 43.3 Å². The van der Waals surface area contributed by atoms with Gasteiger partial charge in [-0.1, -0.05) is 23.9 Å². The lowest BCUT2D eigenvalue weighted by Crippen LogP contribution is -2.21. The molecule has 2 aromatic heterocycles. The van der Waals surface area contributed by atoms with E-state index in [1.54, 1.807) is 23.7 Å². The normalized spacial score (nSPS) is 11.6. The van der Waals surface area contributed by atoms with E-state index in [4.69, 9.17) is 0 Å². The molecule has 0 radical (unpaired) electrons. The Kier molecular flexibility index (Phi) is 4.99. The van der Waals surface area contributed by atoms with Crippen LogP contribution in [0.15, 0.2) is 58.2 Å². The van der Waals surface area contributed by atoms with E-state index in [0.717, 1.165) is 25.8 Å². The Labute approximate surface area is 141 Å². The van der Waals surface area contributed by atoms with Gasteiger partial charge in [-0.2, -0.15) is 5.10 Å². The predicted octanol–water partition coefficient (Wildman–Crippen LogP) is 3.32. The molecule has 1 aromatic carbocycles. The zero-order chi connectivity index (χ0) is 16.1. The van der Waals surface area contributed by atoms with Crippen molar-refractivity contribution in [3.63, 3.8) is 0 Å². The van der Waals surface area contributed by atoms with Crippen molar-refractivity contribution in [3.05, 3.63) is 54.4 Å². The molecule has 0 saturated heterocycles. The summed E-state index contributed by atoms with van der Waals surface area (Å²) in [5, 5.41) is 4.11. The molecule has 23 heavy (non-hydrogen) atoms. The molecule has 0 atom stereocenters. The van der Waals surface area contributed by atoms with Crippen LogP contribution in [0.1, 0.15) is 12.5 Å². The Morgan fingerprint density at radius 1 is 1.26 bits per heavy atom. The number of hydrazone groups is 1. The standard InChI is InChI=1S/C16H14N4OS2/c1-11(12-6-8-17-9-7-12)19-20-15(21)10-22-16-18-13-4-2-3-5-14(13)23-16/h2-9H,10H2,1H3,(H,20,21)/b19-11+. The summed E-state index contributed by atoms with van der Waals surface area (Å²) in [6.45, 7) is 1.84. The van der Waals surface area contributed by atoms with Crippen molar-refractivity contribution < 1.29 is 4.79 Å². The number of aromatic nitrogens is 2. The summed E-state index contributed by atoms with van der Waals surface area (Å²) in [6, 6.07) is 11.6.